The van der Waals surface area contributed by atoms with Gasteiger partial charge in [0.2, 0.25) is 0 Å². The molecule has 2 N–H and O–H groups in total. The van der Waals surface area contributed by atoms with Crippen molar-refractivity contribution in [3.05, 3.63) is 6.42 Å². The Kier molecular flexibility index (Phi) is 1.05. The number of hydrogen-bond donors (Lipinski definition) is 2. The van der Waals surface area contributed by atoms with Gasteiger partial charge in [0, 0.05) is 5.41 Å². The fraction of sp³-hybridized carbons (Fsp3) is 0.800. The molecule has 1 rings (SSSR count). The summed E-state index contributed by atoms with van der Waals surface area (Å²) >= 11 is 0. The van der Waals surface area contributed by atoms with E-state index in [0.717, 1.165) is 6.42 Å². The minimum absolute atomic E-state index is 0.101. The zero-order valence-corrected chi connectivity index (χ0v) is 4.09. The van der Waals surface area contributed by atoms with E-state index < -0.39 is 0 Å². The van der Waals surface area contributed by atoms with Crippen molar-refractivity contribution in [3.63, 3.8) is 0 Å². The molecule has 0 heterocycles. The quantitative estimate of drug-likeness (QED) is 0.495. The highest BCUT2D eigenvalue weighted by atomic mass is 16.3. The molecule has 0 aromatic heterocycles. The molecule has 1 fully saturated rings. The zero-order chi connectivity index (χ0) is 5.33. The largest absolute Gasteiger partial charge is 0.396 e. The van der Waals surface area contributed by atoms with Crippen LogP contribution in [0.2, 0.25) is 0 Å². The van der Waals surface area contributed by atoms with Crippen LogP contribution in [-0.4, -0.2) is 23.4 Å². The van der Waals surface area contributed by atoms with Crippen molar-refractivity contribution in [1.82, 2.24) is 0 Å². The summed E-state index contributed by atoms with van der Waals surface area (Å²) < 4.78 is 0. The summed E-state index contributed by atoms with van der Waals surface area (Å²) in [7, 11) is 0. The highest BCUT2D eigenvalue weighted by molar-refractivity contribution is 5.09. The van der Waals surface area contributed by atoms with Gasteiger partial charge in [0.25, 0.3) is 0 Å². The normalized spacial score (nSPS) is 24.9. The van der Waals surface area contributed by atoms with Gasteiger partial charge in [-0.05, 0) is 12.8 Å². The van der Waals surface area contributed by atoms with E-state index in [1.165, 1.54) is 0 Å². The minimum Gasteiger partial charge on any atom is -0.396 e. The fourth-order valence-electron chi connectivity index (χ4n) is 0.453. The SMILES string of the molecule is OCC1(CO)[CH]C1. The third-order valence-corrected chi connectivity index (χ3v) is 1.41. The van der Waals surface area contributed by atoms with Crippen molar-refractivity contribution in [2.24, 2.45) is 5.41 Å². The van der Waals surface area contributed by atoms with Gasteiger partial charge in [-0.15, -0.1) is 0 Å². The van der Waals surface area contributed by atoms with E-state index in [9.17, 15) is 0 Å². The molecular weight excluding hydrogens is 92.1 g/mol. The van der Waals surface area contributed by atoms with Crippen LogP contribution in [-0.2, 0) is 0 Å². The first-order chi connectivity index (χ1) is 3.33. The maximum absolute atomic E-state index is 8.47. The van der Waals surface area contributed by atoms with E-state index >= 15 is 0 Å². The first kappa shape index (κ1) is 5.06. The molecule has 7 heavy (non-hydrogen) atoms. The van der Waals surface area contributed by atoms with Crippen molar-refractivity contribution in [2.75, 3.05) is 13.2 Å². The molecule has 0 bridgehead atoms. The topological polar surface area (TPSA) is 40.5 Å². The lowest BCUT2D eigenvalue weighted by molar-refractivity contribution is 0.142. The van der Waals surface area contributed by atoms with E-state index in [4.69, 9.17) is 10.2 Å². The average Bonchev–Trinajstić information content (AvgIpc) is 2.46. The van der Waals surface area contributed by atoms with E-state index in [2.05, 4.69) is 0 Å². The van der Waals surface area contributed by atoms with Crippen LogP contribution in [0, 0.1) is 11.8 Å². The Morgan fingerprint density at radius 3 is 1.86 bits per heavy atom. The Morgan fingerprint density at radius 2 is 1.86 bits per heavy atom. The summed E-state index contributed by atoms with van der Waals surface area (Å²) in [5.41, 5.74) is -0.181. The maximum atomic E-state index is 8.47. The Hall–Kier alpha value is -0.0800. The van der Waals surface area contributed by atoms with Gasteiger partial charge in [-0.1, -0.05) is 0 Å². The van der Waals surface area contributed by atoms with Gasteiger partial charge >= 0.3 is 0 Å². The molecule has 0 saturated heterocycles. The van der Waals surface area contributed by atoms with Gasteiger partial charge in [-0.2, -0.15) is 0 Å². The predicted molar refractivity (Wildman–Crippen MR) is 25.5 cm³/mol. The third kappa shape index (κ3) is 0.763. The summed E-state index contributed by atoms with van der Waals surface area (Å²) in [4.78, 5) is 0. The van der Waals surface area contributed by atoms with Crippen molar-refractivity contribution in [2.45, 2.75) is 6.42 Å². The predicted octanol–water partition coefficient (Wildman–Crippen LogP) is -0.435. The molecule has 1 aliphatic rings. The molecule has 41 valence electrons. The molecule has 1 radical (unpaired) electrons. The molecule has 2 nitrogen and oxygen atoms in total. The highest BCUT2D eigenvalue weighted by Gasteiger charge is 2.41. The Morgan fingerprint density at radius 1 is 1.43 bits per heavy atom. The summed E-state index contributed by atoms with van der Waals surface area (Å²) in [6.07, 6.45) is 2.80. The van der Waals surface area contributed by atoms with E-state index in [1.54, 1.807) is 0 Å². The number of aliphatic hydroxyl groups excluding tert-OH is 2. The molecule has 0 aromatic rings. The minimum atomic E-state index is -0.181. The smallest absolute Gasteiger partial charge is 0.0512 e. The lowest BCUT2D eigenvalue weighted by Gasteiger charge is -2.02. The van der Waals surface area contributed by atoms with Crippen molar-refractivity contribution >= 4 is 0 Å². The fourth-order valence-corrected chi connectivity index (χ4v) is 0.453. The molecule has 1 aliphatic carbocycles. The molecule has 0 aliphatic heterocycles. The van der Waals surface area contributed by atoms with Crippen molar-refractivity contribution in [3.8, 4) is 0 Å². The summed E-state index contributed by atoms with van der Waals surface area (Å²) in [5.74, 6) is 0. The summed E-state index contributed by atoms with van der Waals surface area (Å²) in [6, 6.07) is 0. The van der Waals surface area contributed by atoms with Gasteiger partial charge in [-0.25, -0.2) is 0 Å². The van der Waals surface area contributed by atoms with Gasteiger partial charge in [0.15, 0.2) is 0 Å². The number of aliphatic hydroxyl groups is 2. The molecule has 1 saturated carbocycles. The first-order valence-electron chi connectivity index (χ1n) is 2.39. The van der Waals surface area contributed by atoms with Gasteiger partial charge in [0.1, 0.15) is 0 Å². The summed E-state index contributed by atoms with van der Waals surface area (Å²) in [6.45, 7) is 0.201. The number of rotatable bonds is 2. The van der Waals surface area contributed by atoms with Crippen LogP contribution >= 0.6 is 0 Å². The van der Waals surface area contributed by atoms with E-state index in [1.807, 2.05) is 6.42 Å². The zero-order valence-electron chi connectivity index (χ0n) is 4.09. The second-order valence-electron chi connectivity index (χ2n) is 2.09. The van der Waals surface area contributed by atoms with Crippen LogP contribution in [0.15, 0.2) is 0 Å². The molecule has 0 spiro atoms. The van der Waals surface area contributed by atoms with Gasteiger partial charge in [0.05, 0.1) is 13.2 Å². The van der Waals surface area contributed by atoms with Crippen LogP contribution in [0.1, 0.15) is 6.42 Å². The van der Waals surface area contributed by atoms with Crippen LogP contribution in [0.4, 0.5) is 0 Å². The molecular formula is C5H9O2. The van der Waals surface area contributed by atoms with Crippen molar-refractivity contribution < 1.29 is 10.2 Å². The summed E-state index contributed by atoms with van der Waals surface area (Å²) in [5, 5.41) is 16.9. The Labute approximate surface area is 42.8 Å². The molecule has 0 aromatic carbocycles. The highest BCUT2D eigenvalue weighted by Crippen LogP contribution is 2.42. The second kappa shape index (κ2) is 1.46. The molecule has 0 amide bonds. The second-order valence-corrected chi connectivity index (χ2v) is 2.09. The first-order valence-corrected chi connectivity index (χ1v) is 2.39. The van der Waals surface area contributed by atoms with Gasteiger partial charge in [-0.3, -0.25) is 0 Å². The lowest BCUT2D eigenvalue weighted by Crippen LogP contribution is -2.10. The van der Waals surface area contributed by atoms with Gasteiger partial charge < -0.3 is 10.2 Å². The van der Waals surface area contributed by atoms with Crippen LogP contribution in [0.3, 0.4) is 0 Å². The Bertz CT molecular complexity index is 60.5. The number of hydrogen-bond acceptors (Lipinski definition) is 2. The Balaban J connectivity index is 2.28. The van der Waals surface area contributed by atoms with E-state index in [-0.39, 0.29) is 18.6 Å². The van der Waals surface area contributed by atoms with E-state index in [0.29, 0.717) is 0 Å². The third-order valence-electron chi connectivity index (χ3n) is 1.41. The monoisotopic (exact) mass is 101 g/mol. The molecule has 0 unspecified atom stereocenters. The van der Waals surface area contributed by atoms with Crippen LogP contribution in [0.5, 0.6) is 0 Å². The molecule has 2 heteroatoms. The van der Waals surface area contributed by atoms with Crippen LogP contribution < -0.4 is 0 Å². The lowest BCUT2D eigenvalue weighted by atomic mass is 10.1. The van der Waals surface area contributed by atoms with Crippen molar-refractivity contribution in [1.29, 1.82) is 0 Å². The molecule has 0 atom stereocenters. The average molecular weight is 101 g/mol. The van der Waals surface area contributed by atoms with Crippen LogP contribution in [0.25, 0.3) is 0 Å². The standard InChI is InChI=1S/C5H9O2/c6-3-5(4-7)1-2-5/h1,6-7H,2-4H2. The maximum Gasteiger partial charge on any atom is 0.0512 e.